The highest BCUT2D eigenvalue weighted by Gasteiger charge is 2.38. The van der Waals surface area contributed by atoms with Gasteiger partial charge in [0.2, 0.25) is 5.91 Å². The summed E-state index contributed by atoms with van der Waals surface area (Å²) >= 11 is 1.61. The number of methoxy groups -OCH3 is 1. The van der Waals surface area contributed by atoms with Crippen molar-refractivity contribution in [3.8, 4) is 0 Å². The molecule has 0 radical (unpaired) electrons. The lowest BCUT2D eigenvalue weighted by Gasteiger charge is -2.36. The fraction of sp³-hybridized carbons (Fsp3) is 0.409. The summed E-state index contributed by atoms with van der Waals surface area (Å²) < 4.78 is 6.81. The summed E-state index contributed by atoms with van der Waals surface area (Å²) in [6, 6.07) is 12.4. The van der Waals surface area contributed by atoms with Crippen LogP contribution in [0.15, 0.2) is 48.7 Å². The fourth-order valence-corrected chi connectivity index (χ4v) is 5.30. The first-order chi connectivity index (χ1) is 14.6. The van der Waals surface area contributed by atoms with Gasteiger partial charge in [-0.15, -0.1) is 11.8 Å². The molecule has 1 aromatic carbocycles. The number of rotatable bonds is 4. The Kier molecular flexibility index (Phi) is 6.13. The van der Waals surface area contributed by atoms with Gasteiger partial charge in [-0.1, -0.05) is 18.2 Å². The molecule has 7 nitrogen and oxygen atoms in total. The predicted octanol–water partition coefficient (Wildman–Crippen LogP) is 2.65. The van der Waals surface area contributed by atoms with E-state index in [-0.39, 0.29) is 23.8 Å². The first-order valence-corrected chi connectivity index (χ1v) is 11.2. The number of ether oxygens (including phenoxy) is 1. The lowest BCUT2D eigenvalue weighted by molar-refractivity contribution is -0.136. The van der Waals surface area contributed by atoms with Crippen molar-refractivity contribution in [3.63, 3.8) is 0 Å². The highest BCUT2D eigenvalue weighted by atomic mass is 32.2. The molecule has 0 N–H and O–H groups in total. The van der Waals surface area contributed by atoms with Crippen molar-refractivity contribution in [2.24, 2.45) is 0 Å². The number of aromatic nitrogens is 1. The van der Waals surface area contributed by atoms with Crippen molar-refractivity contribution in [1.82, 2.24) is 14.4 Å². The molecule has 30 heavy (non-hydrogen) atoms. The first-order valence-electron chi connectivity index (χ1n) is 10.1. The third kappa shape index (κ3) is 3.96. The fourth-order valence-electron chi connectivity index (χ4n) is 4.16. The van der Waals surface area contributed by atoms with Gasteiger partial charge >= 0.3 is 5.97 Å². The number of esters is 1. The number of hydrogen-bond acceptors (Lipinski definition) is 5. The Bertz CT molecular complexity index is 921. The molecule has 2 aliphatic rings. The highest BCUT2D eigenvalue weighted by Crippen LogP contribution is 2.29. The van der Waals surface area contributed by atoms with Crippen LogP contribution in [0.1, 0.15) is 39.7 Å². The summed E-state index contributed by atoms with van der Waals surface area (Å²) in [7, 11) is 1.38. The molecule has 2 aliphatic heterocycles. The zero-order chi connectivity index (χ0) is 21.1. The number of benzene rings is 1. The van der Waals surface area contributed by atoms with Crippen LogP contribution in [0.2, 0.25) is 0 Å². The number of thioether (sulfide) groups is 1. The van der Waals surface area contributed by atoms with Gasteiger partial charge in [0, 0.05) is 36.6 Å². The Morgan fingerprint density at radius 1 is 1.03 bits per heavy atom. The number of carbonyl (C=O) groups excluding carboxylic acids is 3. The zero-order valence-electron chi connectivity index (χ0n) is 16.9. The van der Waals surface area contributed by atoms with E-state index in [0.717, 1.165) is 12.8 Å². The molecule has 8 heteroatoms. The number of hydrogen-bond donors (Lipinski definition) is 0. The minimum Gasteiger partial charge on any atom is -0.464 e. The Morgan fingerprint density at radius 3 is 2.47 bits per heavy atom. The maximum absolute atomic E-state index is 13.2. The van der Waals surface area contributed by atoms with E-state index in [2.05, 4.69) is 0 Å². The Labute approximate surface area is 180 Å². The number of likely N-dealkylation sites (tertiary alicyclic amines) is 1. The van der Waals surface area contributed by atoms with Crippen LogP contribution in [0.5, 0.6) is 0 Å². The molecule has 0 aliphatic carbocycles. The second-order valence-corrected chi connectivity index (χ2v) is 8.51. The molecule has 1 atom stereocenters. The largest absolute Gasteiger partial charge is 0.464 e. The zero-order valence-corrected chi connectivity index (χ0v) is 17.7. The van der Waals surface area contributed by atoms with Crippen LogP contribution in [0.4, 0.5) is 0 Å². The van der Waals surface area contributed by atoms with Crippen LogP contribution in [-0.2, 0) is 9.53 Å². The molecule has 0 saturated carbocycles. The van der Waals surface area contributed by atoms with Gasteiger partial charge in [0.25, 0.3) is 5.91 Å². The topological polar surface area (TPSA) is 71.8 Å². The SMILES string of the molecule is COC(=O)c1cccn1C1CCN(C(=O)[C@@H]2CSCN2C(=O)c2ccccc2)CC1. The number of piperidine rings is 1. The van der Waals surface area contributed by atoms with E-state index in [4.69, 9.17) is 4.74 Å². The smallest absolute Gasteiger partial charge is 0.354 e. The molecule has 0 unspecified atom stereocenters. The van der Waals surface area contributed by atoms with E-state index in [9.17, 15) is 14.4 Å². The normalized spacial score (nSPS) is 19.7. The Morgan fingerprint density at radius 2 is 1.77 bits per heavy atom. The maximum Gasteiger partial charge on any atom is 0.354 e. The van der Waals surface area contributed by atoms with Gasteiger partial charge in [0.05, 0.1) is 13.0 Å². The van der Waals surface area contributed by atoms with E-state index in [0.29, 0.717) is 36.0 Å². The molecule has 0 bridgehead atoms. The quantitative estimate of drug-likeness (QED) is 0.702. The van der Waals surface area contributed by atoms with Crippen LogP contribution in [-0.4, -0.2) is 70.0 Å². The van der Waals surface area contributed by atoms with E-state index in [1.165, 1.54) is 7.11 Å². The van der Waals surface area contributed by atoms with Crippen LogP contribution in [0.25, 0.3) is 0 Å². The third-order valence-electron chi connectivity index (χ3n) is 5.79. The summed E-state index contributed by atoms with van der Waals surface area (Å²) in [5, 5.41) is 0. The van der Waals surface area contributed by atoms with Crippen LogP contribution < -0.4 is 0 Å². The van der Waals surface area contributed by atoms with Crippen LogP contribution in [0.3, 0.4) is 0 Å². The minimum atomic E-state index is -0.420. The molecule has 1 aromatic heterocycles. The second-order valence-electron chi connectivity index (χ2n) is 7.51. The summed E-state index contributed by atoms with van der Waals surface area (Å²) in [6.45, 7) is 1.22. The van der Waals surface area contributed by atoms with E-state index in [1.54, 1.807) is 34.9 Å². The van der Waals surface area contributed by atoms with E-state index in [1.807, 2.05) is 39.9 Å². The standard InChI is InChI=1S/C22H25N3O4S/c1-29-22(28)18-8-5-11-24(18)17-9-12-23(13-10-17)21(27)19-14-30-15-25(19)20(26)16-6-3-2-4-7-16/h2-8,11,17,19H,9-10,12-15H2,1H3/t19-/m0/s1. The number of nitrogens with zero attached hydrogens (tertiary/aromatic N) is 3. The molecule has 2 amide bonds. The average Bonchev–Trinajstić information content (AvgIpc) is 3.48. The van der Waals surface area contributed by atoms with Gasteiger partial charge in [0.15, 0.2) is 0 Å². The average molecular weight is 428 g/mol. The molecule has 158 valence electrons. The van der Waals surface area contributed by atoms with Crippen molar-refractivity contribution < 1.29 is 19.1 Å². The first kappa shape index (κ1) is 20.5. The van der Waals surface area contributed by atoms with Gasteiger partial charge < -0.3 is 19.1 Å². The summed E-state index contributed by atoms with van der Waals surface area (Å²) in [4.78, 5) is 41.6. The van der Waals surface area contributed by atoms with Crippen molar-refractivity contribution in [2.75, 3.05) is 31.8 Å². The Hall–Kier alpha value is -2.74. The predicted molar refractivity (Wildman–Crippen MR) is 114 cm³/mol. The second kappa shape index (κ2) is 8.95. The molecular weight excluding hydrogens is 402 g/mol. The molecule has 2 fully saturated rings. The minimum absolute atomic E-state index is 0.0171. The number of carbonyl (C=O) groups is 3. The van der Waals surface area contributed by atoms with Gasteiger partial charge in [-0.05, 0) is 37.1 Å². The Balaban J connectivity index is 1.40. The lowest BCUT2D eigenvalue weighted by Crippen LogP contribution is -2.51. The molecule has 2 saturated heterocycles. The van der Waals surface area contributed by atoms with Gasteiger partial charge in [-0.25, -0.2) is 4.79 Å². The van der Waals surface area contributed by atoms with Crippen molar-refractivity contribution in [1.29, 1.82) is 0 Å². The van der Waals surface area contributed by atoms with Crippen LogP contribution >= 0.6 is 11.8 Å². The van der Waals surface area contributed by atoms with Gasteiger partial charge in [-0.3, -0.25) is 9.59 Å². The monoisotopic (exact) mass is 427 g/mol. The van der Waals surface area contributed by atoms with Crippen LogP contribution in [0, 0.1) is 0 Å². The van der Waals surface area contributed by atoms with Crippen molar-refractivity contribution >= 4 is 29.5 Å². The van der Waals surface area contributed by atoms with Gasteiger partial charge in [-0.2, -0.15) is 0 Å². The molecule has 2 aromatic rings. The summed E-state index contributed by atoms with van der Waals surface area (Å²) in [6.07, 6.45) is 3.41. The summed E-state index contributed by atoms with van der Waals surface area (Å²) in [5.74, 6) is 0.734. The van der Waals surface area contributed by atoms with Gasteiger partial charge in [0.1, 0.15) is 11.7 Å². The summed E-state index contributed by atoms with van der Waals surface area (Å²) in [5.41, 5.74) is 1.15. The number of amides is 2. The molecule has 3 heterocycles. The van der Waals surface area contributed by atoms with Crippen molar-refractivity contribution in [3.05, 3.63) is 59.9 Å². The van der Waals surface area contributed by atoms with E-state index >= 15 is 0 Å². The molecule has 4 rings (SSSR count). The van der Waals surface area contributed by atoms with Crippen molar-refractivity contribution in [2.45, 2.75) is 24.9 Å². The lowest BCUT2D eigenvalue weighted by atomic mass is 10.0. The van der Waals surface area contributed by atoms with E-state index < -0.39 is 6.04 Å². The molecule has 0 spiro atoms. The maximum atomic E-state index is 13.2. The third-order valence-corrected chi connectivity index (χ3v) is 6.80. The molecular formula is C22H25N3O4S. The highest BCUT2D eigenvalue weighted by molar-refractivity contribution is 7.99.